The van der Waals surface area contributed by atoms with Gasteiger partial charge in [0.1, 0.15) is 5.76 Å². The normalized spacial score (nSPS) is 12.2. The molecule has 0 aliphatic heterocycles. The monoisotopic (exact) mass is 267 g/mol. The number of nitrogens with one attached hydrogen (secondary N) is 1. The summed E-state index contributed by atoms with van der Waals surface area (Å²) in [5.41, 5.74) is 0.375. The van der Waals surface area contributed by atoms with Crippen molar-refractivity contribution in [3.63, 3.8) is 0 Å². The zero-order valence-electron chi connectivity index (χ0n) is 9.98. The van der Waals surface area contributed by atoms with Crippen LogP contribution in [-0.4, -0.2) is 11.1 Å². The Bertz CT molecular complexity index is 610. The van der Waals surface area contributed by atoms with Gasteiger partial charge >= 0.3 is 5.97 Å². The fourth-order valence-electron chi connectivity index (χ4n) is 1.61. The van der Waals surface area contributed by atoms with Gasteiger partial charge in [-0.25, -0.2) is 13.6 Å². The SMILES string of the molecule is CC(Nc1ccc(F)c(F)c1)c1ccc(C(=O)O)o1. The third-order valence-corrected chi connectivity index (χ3v) is 2.57. The lowest BCUT2D eigenvalue weighted by Gasteiger charge is -2.12. The summed E-state index contributed by atoms with van der Waals surface area (Å²) in [6.07, 6.45) is 0. The minimum Gasteiger partial charge on any atom is -0.475 e. The smallest absolute Gasteiger partial charge is 0.371 e. The second-order valence-corrected chi connectivity index (χ2v) is 4.00. The van der Waals surface area contributed by atoms with Crippen LogP contribution in [0.15, 0.2) is 34.7 Å². The zero-order valence-corrected chi connectivity index (χ0v) is 9.98. The summed E-state index contributed by atoms with van der Waals surface area (Å²) in [6.45, 7) is 1.71. The number of carbonyl (C=O) groups is 1. The molecule has 0 fully saturated rings. The average molecular weight is 267 g/mol. The van der Waals surface area contributed by atoms with E-state index >= 15 is 0 Å². The number of carboxylic acid groups (broad SMARTS) is 1. The van der Waals surface area contributed by atoms with E-state index in [2.05, 4.69) is 5.32 Å². The molecule has 0 radical (unpaired) electrons. The van der Waals surface area contributed by atoms with Crippen molar-refractivity contribution in [1.29, 1.82) is 0 Å². The van der Waals surface area contributed by atoms with E-state index in [1.54, 1.807) is 6.92 Å². The Kier molecular flexibility index (Phi) is 3.50. The second kappa shape index (κ2) is 5.09. The van der Waals surface area contributed by atoms with E-state index in [4.69, 9.17) is 9.52 Å². The fraction of sp³-hybridized carbons (Fsp3) is 0.154. The summed E-state index contributed by atoms with van der Waals surface area (Å²) in [5.74, 6) is -2.82. The average Bonchev–Trinajstić information content (AvgIpc) is 2.83. The Hall–Kier alpha value is -2.37. The lowest BCUT2D eigenvalue weighted by atomic mass is 10.2. The number of rotatable bonds is 4. The molecule has 100 valence electrons. The van der Waals surface area contributed by atoms with E-state index in [9.17, 15) is 13.6 Å². The largest absolute Gasteiger partial charge is 0.475 e. The summed E-state index contributed by atoms with van der Waals surface area (Å²) >= 11 is 0. The molecule has 19 heavy (non-hydrogen) atoms. The highest BCUT2D eigenvalue weighted by Gasteiger charge is 2.14. The minimum absolute atomic E-state index is 0.172. The van der Waals surface area contributed by atoms with Crippen molar-refractivity contribution in [2.45, 2.75) is 13.0 Å². The van der Waals surface area contributed by atoms with Gasteiger partial charge in [0, 0.05) is 11.8 Å². The first kappa shape index (κ1) is 13.1. The topological polar surface area (TPSA) is 62.5 Å². The molecular weight excluding hydrogens is 256 g/mol. The van der Waals surface area contributed by atoms with Crippen molar-refractivity contribution in [3.05, 3.63) is 53.5 Å². The van der Waals surface area contributed by atoms with Gasteiger partial charge in [-0.3, -0.25) is 0 Å². The van der Waals surface area contributed by atoms with Crippen LogP contribution in [0, 0.1) is 11.6 Å². The standard InChI is InChI=1S/C13H11F2NO3/c1-7(11-4-5-12(19-11)13(17)18)16-8-2-3-9(14)10(15)6-8/h2-7,16H,1H3,(H,17,18). The van der Waals surface area contributed by atoms with Crippen molar-refractivity contribution in [3.8, 4) is 0 Å². The van der Waals surface area contributed by atoms with Gasteiger partial charge in [-0.15, -0.1) is 0 Å². The summed E-state index contributed by atoms with van der Waals surface area (Å²) in [7, 11) is 0. The fourth-order valence-corrected chi connectivity index (χ4v) is 1.61. The number of hydrogen-bond acceptors (Lipinski definition) is 3. The molecule has 1 atom stereocenters. The van der Waals surface area contributed by atoms with Crippen molar-refractivity contribution >= 4 is 11.7 Å². The highest BCUT2D eigenvalue weighted by Crippen LogP contribution is 2.22. The molecule has 0 bridgehead atoms. The molecule has 1 heterocycles. The van der Waals surface area contributed by atoms with Crippen LogP contribution in [0.2, 0.25) is 0 Å². The Morgan fingerprint density at radius 3 is 2.58 bits per heavy atom. The first-order chi connectivity index (χ1) is 8.97. The maximum absolute atomic E-state index is 13.0. The van der Waals surface area contributed by atoms with E-state index in [0.717, 1.165) is 12.1 Å². The van der Waals surface area contributed by atoms with E-state index in [-0.39, 0.29) is 11.8 Å². The number of aromatic carboxylic acids is 1. The van der Waals surface area contributed by atoms with Crippen LogP contribution in [0.1, 0.15) is 29.3 Å². The van der Waals surface area contributed by atoms with E-state index in [1.165, 1.54) is 18.2 Å². The Morgan fingerprint density at radius 2 is 2.00 bits per heavy atom. The maximum Gasteiger partial charge on any atom is 0.371 e. The number of hydrogen-bond donors (Lipinski definition) is 2. The number of carboxylic acids is 1. The number of anilines is 1. The molecule has 0 spiro atoms. The number of furan rings is 1. The predicted octanol–water partition coefficient (Wildman–Crippen LogP) is 3.43. The molecule has 1 aromatic carbocycles. The number of benzene rings is 1. The van der Waals surface area contributed by atoms with Gasteiger partial charge in [-0.05, 0) is 31.2 Å². The lowest BCUT2D eigenvalue weighted by Crippen LogP contribution is -2.06. The van der Waals surface area contributed by atoms with Gasteiger partial charge in [-0.1, -0.05) is 0 Å². The van der Waals surface area contributed by atoms with Crippen LogP contribution in [0.5, 0.6) is 0 Å². The Labute approximate surface area is 107 Å². The van der Waals surface area contributed by atoms with Crippen LogP contribution in [0.25, 0.3) is 0 Å². The molecule has 4 nitrogen and oxygen atoms in total. The van der Waals surface area contributed by atoms with Crippen molar-refractivity contribution in [2.24, 2.45) is 0 Å². The first-order valence-corrected chi connectivity index (χ1v) is 5.52. The van der Waals surface area contributed by atoms with Gasteiger partial charge in [0.2, 0.25) is 5.76 Å². The molecule has 1 unspecified atom stereocenters. The first-order valence-electron chi connectivity index (χ1n) is 5.52. The van der Waals surface area contributed by atoms with Crippen LogP contribution in [-0.2, 0) is 0 Å². The predicted molar refractivity (Wildman–Crippen MR) is 64.1 cm³/mol. The second-order valence-electron chi connectivity index (χ2n) is 4.00. The summed E-state index contributed by atoms with van der Waals surface area (Å²) in [6, 6.07) is 5.89. The minimum atomic E-state index is -1.16. The van der Waals surface area contributed by atoms with Crippen molar-refractivity contribution in [1.82, 2.24) is 0 Å². The molecule has 2 aromatic rings. The molecule has 0 saturated heterocycles. The Balaban J connectivity index is 2.13. The molecule has 0 aliphatic rings. The summed E-state index contributed by atoms with van der Waals surface area (Å²) < 4.78 is 30.9. The van der Waals surface area contributed by atoms with Crippen molar-refractivity contribution < 1.29 is 23.1 Å². The van der Waals surface area contributed by atoms with E-state index < -0.39 is 17.6 Å². The highest BCUT2D eigenvalue weighted by atomic mass is 19.2. The molecule has 6 heteroatoms. The molecule has 0 aliphatic carbocycles. The quantitative estimate of drug-likeness (QED) is 0.890. The molecule has 0 amide bonds. The van der Waals surface area contributed by atoms with Gasteiger partial charge in [0.15, 0.2) is 11.6 Å². The summed E-state index contributed by atoms with van der Waals surface area (Å²) in [5, 5.41) is 11.6. The van der Waals surface area contributed by atoms with Crippen LogP contribution in [0.3, 0.4) is 0 Å². The Morgan fingerprint density at radius 1 is 1.26 bits per heavy atom. The molecule has 1 aromatic heterocycles. The molecular formula is C13H11F2NO3. The molecule has 2 rings (SSSR count). The lowest BCUT2D eigenvalue weighted by molar-refractivity contribution is 0.0660. The zero-order chi connectivity index (χ0) is 14.0. The third-order valence-electron chi connectivity index (χ3n) is 2.57. The van der Waals surface area contributed by atoms with Gasteiger partial charge in [0.25, 0.3) is 0 Å². The maximum atomic E-state index is 13.0. The van der Waals surface area contributed by atoms with Gasteiger partial charge in [-0.2, -0.15) is 0 Å². The van der Waals surface area contributed by atoms with E-state index in [1.807, 2.05) is 0 Å². The van der Waals surface area contributed by atoms with Crippen molar-refractivity contribution in [2.75, 3.05) is 5.32 Å². The third kappa shape index (κ3) is 2.90. The summed E-state index contributed by atoms with van der Waals surface area (Å²) in [4.78, 5) is 10.7. The van der Waals surface area contributed by atoms with Crippen LogP contribution >= 0.6 is 0 Å². The van der Waals surface area contributed by atoms with Gasteiger partial charge in [0.05, 0.1) is 6.04 Å². The molecule has 0 saturated carbocycles. The van der Waals surface area contributed by atoms with E-state index in [0.29, 0.717) is 11.4 Å². The van der Waals surface area contributed by atoms with Crippen LogP contribution < -0.4 is 5.32 Å². The van der Waals surface area contributed by atoms with Gasteiger partial charge < -0.3 is 14.8 Å². The molecule has 2 N–H and O–H groups in total. The van der Waals surface area contributed by atoms with Crippen LogP contribution in [0.4, 0.5) is 14.5 Å². The highest BCUT2D eigenvalue weighted by molar-refractivity contribution is 5.84. The number of halogens is 2.